The third kappa shape index (κ3) is 3.33. The monoisotopic (exact) mass is 341 g/mol. The van der Waals surface area contributed by atoms with Gasteiger partial charge in [-0.3, -0.25) is 0 Å². The fraction of sp³-hybridized carbons (Fsp3) is 0.533. The lowest BCUT2D eigenvalue weighted by Gasteiger charge is -2.43. The molecule has 1 unspecified atom stereocenters. The summed E-state index contributed by atoms with van der Waals surface area (Å²) in [4.78, 5) is 12.3. The predicted molar refractivity (Wildman–Crippen MR) is 81.8 cm³/mol. The molecule has 1 saturated heterocycles. The minimum absolute atomic E-state index is 0.242. The Balaban J connectivity index is 2.30. The molecular weight excluding hydrogens is 322 g/mol. The molecule has 1 aliphatic heterocycles. The van der Waals surface area contributed by atoms with Crippen molar-refractivity contribution in [2.75, 3.05) is 19.0 Å². The van der Waals surface area contributed by atoms with Crippen molar-refractivity contribution in [3.63, 3.8) is 0 Å². The van der Waals surface area contributed by atoms with E-state index in [9.17, 15) is 4.79 Å². The Kier molecular flexibility index (Phi) is 4.39. The molecule has 0 amide bonds. The van der Waals surface area contributed by atoms with Gasteiger partial charge in [-0.1, -0.05) is 22.0 Å². The fourth-order valence-corrected chi connectivity index (χ4v) is 3.14. The van der Waals surface area contributed by atoms with Gasteiger partial charge in [0.2, 0.25) is 0 Å². The van der Waals surface area contributed by atoms with Crippen molar-refractivity contribution in [1.82, 2.24) is 0 Å². The summed E-state index contributed by atoms with van der Waals surface area (Å²) in [6.07, 6.45) is 1.16. The normalized spacial score (nSPS) is 25.0. The summed E-state index contributed by atoms with van der Waals surface area (Å²) < 4.78 is 11.7. The number of carbonyl (C=O) groups is 1. The van der Waals surface area contributed by atoms with E-state index in [1.54, 1.807) is 0 Å². The summed E-state index contributed by atoms with van der Waals surface area (Å²) >= 11 is 3.44. The second-order valence-corrected chi connectivity index (χ2v) is 6.66. The highest BCUT2D eigenvalue weighted by atomic mass is 79.9. The lowest BCUT2D eigenvalue weighted by atomic mass is 9.81. The van der Waals surface area contributed by atoms with Crippen LogP contribution < -0.4 is 5.32 Å². The number of hydrogen-bond acceptors (Lipinski definition) is 4. The maximum atomic E-state index is 12.3. The molecule has 1 heterocycles. The Labute approximate surface area is 128 Å². The van der Waals surface area contributed by atoms with Crippen molar-refractivity contribution in [1.29, 1.82) is 0 Å². The summed E-state index contributed by atoms with van der Waals surface area (Å²) in [6, 6.07) is 7.77. The van der Waals surface area contributed by atoms with E-state index in [-0.39, 0.29) is 11.6 Å². The van der Waals surface area contributed by atoms with Crippen LogP contribution >= 0.6 is 15.9 Å². The van der Waals surface area contributed by atoms with Crippen LogP contribution in [0.4, 0.5) is 5.69 Å². The van der Waals surface area contributed by atoms with Gasteiger partial charge in [0.05, 0.1) is 19.3 Å². The van der Waals surface area contributed by atoms with E-state index in [0.717, 1.165) is 10.2 Å². The van der Waals surface area contributed by atoms with E-state index in [4.69, 9.17) is 9.47 Å². The van der Waals surface area contributed by atoms with Crippen LogP contribution in [0.15, 0.2) is 28.7 Å². The van der Waals surface area contributed by atoms with Crippen LogP contribution in [-0.2, 0) is 14.3 Å². The molecule has 0 aliphatic carbocycles. The first kappa shape index (κ1) is 15.3. The Morgan fingerprint density at radius 3 is 2.80 bits per heavy atom. The zero-order valence-electron chi connectivity index (χ0n) is 12.0. The highest BCUT2D eigenvalue weighted by Crippen LogP contribution is 2.36. The molecule has 0 saturated carbocycles. The standard InChI is InChI=1S/C15H20BrNO3/c1-14(2)10-15(7-8-20-14,13(18)19-3)17-12-6-4-5-11(16)9-12/h4-6,9,17H,7-8,10H2,1-3H3. The van der Waals surface area contributed by atoms with E-state index >= 15 is 0 Å². The largest absolute Gasteiger partial charge is 0.467 e. The average Bonchev–Trinajstić information content (AvgIpc) is 2.36. The number of benzene rings is 1. The van der Waals surface area contributed by atoms with Gasteiger partial charge in [-0.25, -0.2) is 4.79 Å². The Morgan fingerprint density at radius 1 is 1.45 bits per heavy atom. The second-order valence-electron chi connectivity index (χ2n) is 5.74. The summed E-state index contributed by atoms with van der Waals surface area (Å²) in [5.41, 5.74) is -0.203. The third-order valence-corrected chi connectivity index (χ3v) is 4.03. The van der Waals surface area contributed by atoms with Crippen molar-refractivity contribution in [2.45, 2.75) is 37.8 Å². The molecule has 2 rings (SSSR count). The van der Waals surface area contributed by atoms with Gasteiger partial charge in [0.25, 0.3) is 0 Å². The lowest BCUT2D eigenvalue weighted by molar-refractivity contribution is -0.156. The molecule has 0 spiro atoms. The first-order valence-corrected chi connectivity index (χ1v) is 7.42. The van der Waals surface area contributed by atoms with Crippen molar-refractivity contribution >= 4 is 27.6 Å². The van der Waals surface area contributed by atoms with Crippen LogP contribution in [0.3, 0.4) is 0 Å². The van der Waals surface area contributed by atoms with Gasteiger partial charge in [0.15, 0.2) is 0 Å². The highest BCUT2D eigenvalue weighted by molar-refractivity contribution is 9.10. The number of halogens is 1. The molecule has 4 nitrogen and oxygen atoms in total. The lowest BCUT2D eigenvalue weighted by Crippen LogP contribution is -2.56. The van der Waals surface area contributed by atoms with E-state index in [1.165, 1.54) is 7.11 Å². The average molecular weight is 342 g/mol. The van der Waals surface area contributed by atoms with Gasteiger partial charge in [-0.15, -0.1) is 0 Å². The summed E-state index contributed by atoms with van der Waals surface area (Å²) in [5, 5.41) is 3.36. The van der Waals surface area contributed by atoms with Gasteiger partial charge in [0, 0.05) is 23.0 Å². The minimum Gasteiger partial charge on any atom is -0.467 e. The summed E-state index contributed by atoms with van der Waals surface area (Å²) in [5.74, 6) is -0.242. The van der Waals surface area contributed by atoms with E-state index in [2.05, 4.69) is 21.2 Å². The van der Waals surface area contributed by atoms with Crippen LogP contribution in [-0.4, -0.2) is 30.8 Å². The Morgan fingerprint density at radius 2 is 2.20 bits per heavy atom. The molecule has 110 valence electrons. The predicted octanol–water partition coefficient (Wildman–Crippen LogP) is 3.36. The zero-order chi connectivity index (χ0) is 14.8. The van der Waals surface area contributed by atoms with Crippen LogP contribution in [0.1, 0.15) is 26.7 Å². The molecule has 1 aromatic rings. The molecule has 20 heavy (non-hydrogen) atoms. The number of hydrogen-bond donors (Lipinski definition) is 1. The minimum atomic E-state index is -0.739. The molecular formula is C15H20BrNO3. The van der Waals surface area contributed by atoms with Crippen molar-refractivity contribution in [2.24, 2.45) is 0 Å². The number of esters is 1. The Hall–Kier alpha value is -1.07. The number of anilines is 1. The maximum Gasteiger partial charge on any atom is 0.331 e. The number of rotatable bonds is 3. The number of ether oxygens (including phenoxy) is 2. The van der Waals surface area contributed by atoms with Crippen LogP contribution in [0.2, 0.25) is 0 Å². The molecule has 1 aromatic carbocycles. The summed E-state index contributed by atoms with van der Waals surface area (Å²) in [7, 11) is 1.43. The molecule has 5 heteroatoms. The molecule has 0 aromatic heterocycles. The first-order valence-electron chi connectivity index (χ1n) is 6.63. The number of nitrogens with one attached hydrogen (secondary N) is 1. The fourth-order valence-electron chi connectivity index (χ4n) is 2.74. The Bertz CT molecular complexity index is 504. The molecule has 1 atom stereocenters. The maximum absolute atomic E-state index is 12.3. The van der Waals surface area contributed by atoms with Gasteiger partial charge in [0.1, 0.15) is 5.54 Å². The quantitative estimate of drug-likeness (QED) is 0.856. The molecule has 1 N–H and O–H groups in total. The topological polar surface area (TPSA) is 47.6 Å². The molecule has 1 fully saturated rings. The van der Waals surface area contributed by atoms with Gasteiger partial charge in [-0.2, -0.15) is 0 Å². The molecule has 0 radical (unpaired) electrons. The zero-order valence-corrected chi connectivity index (χ0v) is 13.6. The first-order chi connectivity index (χ1) is 9.37. The van der Waals surface area contributed by atoms with Crippen molar-refractivity contribution in [3.8, 4) is 0 Å². The SMILES string of the molecule is COC(=O)C1(Nc2cccc(Br)c2)CCOC(C)(C)C1. The number of methoxy groups -OCH3 is 1. The second kappa shape index (κ2) is 5.74. The molecule has 0 bridgehead atoms. The number of carbonyl (C=O) groups excluding carboxylic acids is 1. The van der Waals surface area contributed by atoms with Crippen LogP contribution in [0.5, 0.6) is 0 Å². The van der Waals surface area contributed by atoms with Crippen LogP contribution in [0, 0.1) is 0 Å². The highest BCUT2D eigenvalue weighted by Gasteiger charge is 2.47. The smallest absolute Gasteiger partial charge is 0.331 e. The van der Waals surface area contributed by atoms with Crippen molar-refractivity contribution in [3.05, 3.63) is 28.7 Å². The van der Waals surface area contributed by atoms with Gasteiger partial charge < -0.3 is 14.8 Å². The van der Waals surface area contributed by atoms with E-state index in [0.29, 0.717) is 19.4 Å². The van der Waals surface area contributed by atoms with Crippen molar-refractivity contribution < 1.29 is 14.3 Å². The van der Waals surface area contributed by atoms with E-state index in [1.807, 2.05) is 38.1 Å². The summed E-state index contributed by atoms with van der Waals surface area (Å²) in [6.45, 7) is 4.52. The van der Waals surface area contributed by atoms with Gasteiger partial charge in [-0.05, 0) is 32.0 Å². The van der Waals surface area contributed by atoms with Crippen LogP contribution in [0.25, 0.3) is 0 Å². The third-order valence-electron chi connectivity index (χ3n) is 3.53. The van der Waals surface area contributed by atoms with E-state index < -0.39 is 5.54 Å². The molecule has 1 aliphatic rings. The van der Waals surface area contributed by atoms with Gasteiger partial charge >= 0.3 is 5.97 Å².